The summed E-state index contributed by atoms with van der Waals surface area (Å²) in [7, 11) is 0. The zero-order valence-corrected chi connectivity index (χ0v) is 14.9. The number of rotatable bonds is 3. The van der Waals surface area contributed by atoms with Gasteiger partial charge in [0.15, 0.2) is 0 Å². The molecule has 2 aromatic carbocycles. The molecule has 1 heterocycles. The van der Waals surface area contributed by atoms with Gasteiger partial charge >= 0.3 is 17.1 Å². The van der Waals surface area contributed by atoms with Crippen LogP contribution in [0.15, 0.2) is 54.7 Å². The molecule has 25 heavy (non-hydrogen) atoms. The number of H-pyrrole nitrogens is 1. The van der Waals surface area contributed by atoms with E-state index < -0.39 is 12.0 Å². The topological polar surface area (TPSA) is 134 Å². The fraction of sp³-hybridized carbons (Fsp3) is 0.118. The number of aromatic amines is 1. The molecule has 8 heteroatoms. The predicted molar refractivity (Wildman–Crippen MR) is 90.3 cm³/mol. The Kier molecular flexibility index (Phi) is 9.71. The number of carbonyl (C=O) groups excluding carboxylic acids is 1. The van der Waals surface area contributed by atoms with E-state index in [4.69, 9.17) is 17.2 Å². The number of carbonyl (C=O) groups is 1. The van der Waals surface area contributed by atoms with Crippen LogP contribution < -0.4 is 34.7 Å². The van der Waals surface area contributed by atoms with Gasteiger partial charge in [0.25, 0.3) is 0 Å². The first-order valence-corrected chi connectivity index (χ1v) is 7.10. The first-order chi connectivity index (χ1) is 11.0. The minimum Gasteiger partial charge on any atom is -1.00 e. The molecule has 1 atom stereocenters. The summed E-state index contributed by atoms with van der Waals surface area (Å²) < 4.78 is 0. The van der Waals surface area contributed by atoms with Crippen molar-refractivity contribution in [2.45, 2.75) is 12.5 Å². The summed E-state index contributed by atoms with van der Waals surface area (Å²) in [5, 5.41) is 11.5. The number of nitrogens with one attached hydrogen (secondary N) is 1. The van der Waals surface area contributed by atoms with Crippen molar-refractivity contribution in [1.82, 2.24) is 4.98 Å². The summed E-state index contributed by atoms with van der Waals surface area (Å²) in [5.41, 5.74) is 19.4. The van der Waals surface area contributed by atoms with Crippen LogP contribution >= 0.6 is 0 Å². The molecule has 0 spiro atoms. The molecular weight excluding hydrogens is 391 g/mol. The Balaban J connectivity index is 0.000000497. The molecule has 0 fully saturated rings. The van der Waals surface area contributed by atoms with Gasteiger partial charge in [-0.05, 0) is 30.2 Å². The van der Waals surface area contributed by atoms with E-state index in [9.17, 15) is 9.90 Å². The Bertz CT molecular complexity index is 789. The Morgan fingerprint density at radius 2 is 1.56 bits per heavy atom. The number of aromatic nitrogens is 1. The number of benzene rings is 2. The number of anilines is 2. The van der Waals surface area contributed by atoms with Gasteiger partial charge in [0.2, 0.25) is 0 Å². The molecule has 1 aromatic heterocycles. The van der Waals surface area contributed by atoms with Gasteiger partial charge in [-0.25, -0.2) is 0 Å². The van der Waals surface area contributed by atoms with E-state index in [-0.39, 0.29) is 35.9 Å². The smallest absolute Gasteiger partial charge is 1.00 e. The number of nitrogens with two attached hydrogens (primary N) is 3. The second kappa shape index (κ2) is 10.6. The van der Waals surface area contributed by atoms with E-state index in [1.54, 1.807) is 18.3 Å². The Hall–Kier alpha value is -2.18. The van der Waals surface area contributed by atoms with E-state index in [1.807, 2.05) is 36.4 Å². The maximum Gasteiger partial charge on any atom is 2.00 e. The Labute approximate surface area is 162 Å². The van der Waals surface area contributed by atoms with E-state index in [0.717, 1.165) is 16.5 Å². The van der Waals surface area contributed by atoms with E-state index >= 15 is 0 Å². The van der Waals surface area contributed by atoms with Crippen molar-refractivity contribution in [3.63, 3.8) is 0 Å². The molecule has 7 N–H and O–H groups in total. The first-order valence-electron chi connectivity index (χ1n) is 7.10. The van der Waals surface area contributed by atoms with Gasteiger partial charge in [0.1, 0.15) is 0 Å². The normalized spacial score (nSPS) is 10.6. The van der Waals surface area contributed by atoms with Crippen molar-refractivity contribution in [3.05, 3.63) is 60.3 Å². The van der Waals surface area contributed by atoms with Gasteiger partial charge in [-0.1, -0.05) is 30.3 Å². The number of carboxylic acids is 1. The van der Waals surface area contributed by atoms with Crippen LogP contribution in [-0.4, -0.2) is 17.0 Å². The number of para-hydroxylation sites is 3. The summed E-state index contributed by atoms with van der Waals surface area (Å²) in [6, 6.07) is 14.0. The van der Waals surface area contributed by atoms with Crippen LogP contribution in [0.25, 0.3) is 10.9 Å². The fourth-order valence-electron chi connectivity index (χ4n) is 2.13. The number of carboxylic acid groups (broad SMARTS) is 1. The van der Waals surface area contributed by atoms with E-state index in [0.29, 0.717) is 11.4 Å². The van der Waals surface area contributed by atoms with Gasteiger partial charge in [0, 0.05) is 23.1 Å². The average Bonchev–Trinajstić information content (AvgIpc) is 2.94. The molecule has 0 saturated heterocycles. The maximum atomic E-state index is 10.5. The summed E-state index contributed by atoms with van der Waals surface area (Å²) in [4.78, 5) is 13.6. The van der Waals surface area contributed by atoms with Crippen molar-refractivity contribution in [3.8, 4) is 0 Å². The summed E-state index contributed by atoms with van der Waals surface area (Å²) >= 11 is 0. The van der Waals surface area contributed by atoms with Crippen LogP contribution in [0.5, 0.6) is 0 Å². The molecule has 0 saturated carbocycles. The molecule has 0 aliphatic carbocycles. The number of aliphatic carboxylic acids is 1. The van der Waals surface area contributed by atoms with Crippen LogP contribution in [0.1, 0.15) is 5.56 Å². The molecule has 0 unspecified atom stereocenters. The molecule has 0 aliphatic heterocycles. The van der Waals surface area contributed by atoms with Crippen LogP contribution in [0, 0.1) is 0 Å². The van der Waals surface area contributed by atoms with Crippen molar-refractivity contribution in [1.29, 1.82) is 0 Å². The van der Waals surface area contributed by atoms with E-state index in [2.05, 4.69) is 4.98 Å². The zero-order chi connectivity index (χ0) is 16.8. The Morgan fingerprint density at radius 1 is 1.04 bits per heavy atom. The molecule has 1 radical (unpaired) electrons. The average molecular weight is 410 g/mol. The van der Waals surface area contributed by atoms with Crippen molar-refractivity contribution >= 4 is 28.2 Å². The first kappa shape index (κ1) is 22.8. The van der Waals surface area contributed by atoms with Gasteiger partial charge in [-0.3, -0.25) is 0 Å². The van der Waals surface area contributed by atoms with Crippen molar-refractivity contribution in [2.24, 2.45) is 5.73 Å². The number of halogens is 1. The molecule has 0 amide bonds. The minimum atomic E-state index is -1.22. The number of fused-ring (bicyclic) bond motifs is 1. The molecule has 3 rings (SSSR count). The fourth-order valence-corrected chi connectivity index (χ4v) is 2.13. The molecule has 6 nitrogen and oxygen atoms in total. The Morgan fingerprint density at radius 3 is 2.08 bits per heavy atom. The predicted octanol–water partition coefficient (Wildman–Crippen LogP) is -2.36. The molecule has 3 aromatic rings. The number of hydrogen-bond acceptors (Lipinski definition) is 5. The third-order valence-corrected chi connectivity index (χ3v) is 3.41. The van der Waals surface area contributed by atoms with Crippen LogP contribution in [0.2, 0.25) is 0 Å². The minimum absolute atomic E-state index is 0. The monoisotopic (exact) mass is 409 g/mol. The van der Waals surface area contributed by atoms with Crippen LogP contribution in [-0.2, 0) is 28.3 Å². The third kappa shape index (κ3) is 6.32. The quantitative estimate of drug-likeness (QED) is 0.283. The van der Waals surface area contributed by atoms with Crippen LogP contribution in [0.4, 0.5) is 11.4 Å². The second-order valence-corrected chi connectivity index (χ2v) is 5.12. The summed E-state index contributed by atoms with van der Waals surface area (Å²) in [6.45, 7) is 0. The SMILES string of the molecule is N[C@H](Cc1c[nH]c2ccccc12)C(=O)[O-].Nc1ccccc1N.[Cl-].[Cu+2]. The third-order valence-electron chi connectivity index (χ3n) is 3.41. The molecular formula is C17H19ClCuN4O2. The zero-order valence-electron chi connectivity index (χ0n) is 13.2. The van der Waals surface area contributed by atoms with Gasteiger partial charge in [-0.2, -0.15) is 0 Å². The number of hydrogen-bond donors (Lipinski definition) is 4. The van der Waals surface area contributed by atoms with Gasteiger partial charge < -0.3 is 44.5 Å². The van der Waals surface area contributed by atoms with Crippen molar-refractivity contribution < 1.29 is 39.4 Å². The van der Waals surface area contributed by atoms with E-state index in [1.165, 1.54) is 0 Å². The standard InChI is InChI=1S/C11H12N2O2.C6H8N2.ClH.Cu/c12-9(11(14)15)5-7-6-13-10-4-2-1-3-8(7)10;7-5-3-1-2-4-6(5)8;;/h1-4,6,9,13H,5,12H2,(H,14,15);1-4H,7-8H2;1H;/q;;;+2/p-2/t9-;;;/m1.../s1. The molecule has 137 valence electrons. The van der Waals surface area contributed by atoms with Gasteiger partial charge in [0.05, 0.1) is 17.3 Å². The molecule has 0 aliphatic rings. The van der Waals surface area contributed by atoms with Gasteiger partial charge in [-0.15, -0.1) is 0 Å². The summed E-state index contributed by atoms with van der Waals surface area (Å²) in [5.74, 6) is -1.22. The maximum absolute atomic E-state index is 10.5. The van der Waals surface area contributed by atoms with Crippen molar-refractivity contribution in [2.75, 3.05) is 11.5 Å². The largest absolute Gasteiger partial charge is 2.00 e. The molecule has 0 bridgehead atoms. The summed E-state index contributed by atoms with van der Waals surface area (Å²) in [6.07, 6.45) is 2.07. The number of nitrogen functional groups attached to an aromatic ring is 2. The van der Waals surface area contributed by atoms with Crippen LogP contribution in [0.3, 0.4) is 0 Å². The second-order valence-electron chi connectivity index (χ2n) is 5.12.